The summed E-state index contributed by atoms with van der Waals surface area (Å²) < 4.78 is 16.5. The minimum Gasteiger partial charge on any atom is -0.495 e. The second-order valence-corrected chi connectivity index (χ2v) is 7.06. The first-order valence-corrected chi connectivity index (χ1v) is 10.2. The van der Waals surface area contributed by atoms with Crippen LogP contribution in [0.25, 0.3) is 0 Å². The van der Waals surface area contributed by atoms with Crippen LogP contribution in [0.3, 0.4) is 0 Å². The van der Waals surface area contributed by atoms with E-state index in [9.17, 15) is 4.79 Å². The van der Waals surface area contributed by atoms with Crippen molar-refractivity contribution in [1.29, 1.82) is 0 Å². The van der Waals surface area contributed by atoms with E-state index in [0.717, 1.165) is 36.4 Å². The van der Waals surface area contributed by atoms with Gasteiger partial charge in [-0.25, -0.2) is 4.99 Å². The summed E-state index contributed by atoms with van der Waals surface area (Å²) in [6, 6.07) is 12.8. The van der Waals surface area contributed by atoms with Gasteiger partial charge in [0.1, 0.15) is 11.5 Å². The van der Waals surface area contributed by atoms with Gasteiger partial charge in [-0.05, 0) is 68.7 Å². The topological polar surface area (TPSA) is 81.2 Å². The minimum atomic E-state index is -0.261. The van der Waals surface area contributed by atoms with Gasteiger partial charge in [-0.15, -0.1) is 0 Å². The molecular formula is C23H29N3O4. The summed E-state index contributed by atoms with van der Waals surface area (Å²) in [6.07, 6.45) is 2.08. The highest BCUT2D eigenvalue weighted by molar-refractivity contribution is 6.10. The molecule has 0 radical (unpaired) electrons. The van der Waals surface area contributed by atoms with Gasteiger partial charge in [-0.2, -0.15) is 0 Å². The molecule has 2 aromatic rings. The number of aliphatic imine (C=N–C) groups is 1. The van der Waals surface area contributed by atoms with Crippen LogP contribution in [-0.2, 0) is 4.74 Å². The van der Waals surface area contributed by atoms with E-state index in [1.165, 1.54) is 0 Å². The zero-order chi connectivity index (χ0) is 21.3. The number of carbonyl (C=O) groups is 1. The third-order valence-corrected chi connectivity index (χ3v) is 4.74. The molecular weight excluding hydrogens is 382 g/mol. The molecule has 0 aliphatic carbocycles. The number of anilines is 1. The van der Waals surface area contributed by atoms with Gasteiger partial charge < -0.3 is 19.5 Å². The first-order valence-electron chi connectivity index (χ1n) is 10.2. The highest BCUT2D eigenvalue weighted by atomic mass is 16.5. The summed E-state index contributed by atoms with van der Waals surface area (Å²) in [7, 11) is 1.61. The Kier molecular flexibility index (Phi) is 7.68. The molecule has 1 fully saturated rings. The normalized spacial score (nSPS) is 16.2. The van der Waals surface area contributed by atoms with Crippen LogP contribution in [-0.4, -0.2) is 44.8 Å². The first-order chi connectivity index (χ1) is 14.6. The van der Waals surface area contributed by atoms with Crippen molar-refractivity contribution in [1.82, 2.24) is 5.32 Å². The fourth-order valence-electron chi connectivity index (χ4n) is 3.19. The lowest BCUT2D eigenvalue weighted by Gasteiger charge is -2.16. The fraction of sp³-hybridized carbons (Fsp3) is 0.391. The maximum absolute atomic E-state index is 12.8. The number of hydrogen-bond acceptors (Lipinski definition) is 5. The highest BCUT2D eigenvalue weighted by Crippen LogP contribution is 2.25. The van der Waals surface area contributed by atoms with Crippen LogP contribution in [0, 0.1) is 6.92 Å². The van der Waals surface area contributed by atoms with Crippen LogP contribution >= 0.6 is 0 Å². The average molecular weight is 412 g/mol. The standard InChI is InChI=1S/C23H29N3O4/c1-4-29-18-10-8-17(9-11-18)22(27)26-23(24-15-19-6-5-13-30-19)25-20-14-16(2)7-12-21(20)28-3/h7-12,14,19H,4-6,13,15H2,1-3H3,(H2,24,25,26,27). The molecule has 1 atom stereocenters. The summed E-state index contributed by atoms with van der Waals surface area (Å²) in [6.45, 7) is 5.72. The van der Waals surface area contributed by atoms with Gasteiger partial charge in [0.15, 0.2) is 0 Å². The van der Waals surface area contributed by atoms with Crippen LogP contribution in [0.15, 0.2) is 47.5 Å². The Hall–Kier alpha value is -3.06. The minimum absolute atomic E-state index is 0.0728. The Balaban J connectivity index is 1.77. The van der Waals surface area contributed by atoms with Crippen LogP contribution in [0.2, 0.25) is 0 Å². The molecule has 1 unspecified atom stereocenters. The second kappa shape index (κ2) is 10.6. The molecule has 7 nitrogen and oxygen atoms in total. The summed E-state index contributed by atoms with van der Waals surface area (Å²) in [5.41, 5.74) is 2.31. The van der Waals surface area contributed by atoms with Crippen LogP contribution < -0.4 is 20.1 Å². The van der Waals surface area contributed by atoms with Gasteiger partial charge in [0.05, 0.1) is 32.1 Å². The number of methoxy groups -OCH3 is 1. The molecule has 0 saturated carbocycles. The molecule has 1 heterocycles. The lowest BCUT2D eigenvalue weighted by atomic mass is 10.2. The Morgan fingerprint density at radius 3 is 2.70 bits per heavy atom. The summed E-state index contributed by atoms with van der Waals surface area (Å²) in [4.78, 5) is 17.4. The number of rotatable bonds is 7. The van der Waals surface area contributed by atoms with E-state index in [1.807, 2.05) is 32.0 Å². The van der Waals surface area contributed by atoms with Gasteiger partial charge in [0.25, 0.3) is 5.91 Å². The van der Waals surface area contributed by atoms with Gasteiger partial charge in [-0.1, -0.05) is 6.07 Å². The maximum atomic E-state index is 12.8. The molecule has 1 saturated heterocycles. The van der Waals surface area contributed by atoms with Crippen molar-refractivity contribution >= 4 is 17.6 Å². The smallest absolute Gasteiger partial charge is 0.257 e. The van der Waals surface area contributed by atoms with Gasteiger partial charge in [0.2, 0.25) is 5.96 Å². The van der Waals surface area contributed by atoms with Crippen molar-refractivity contribution < 1.29 is 19.0 Å². The number of amides is 1. The number of nitrogens with one attached hydrogen (secondary N) is 2. The second-order valence-electron chi connectivity index (χ2n) is 7.06. The summed E-state index contributed by atoms with van der Waals surface area (Å²) in [5.74, 6) is 1.49. The molecule has 2 N–H and O–H groups in total. The lowest BCUT2D eigenvalue weighted by molar-refractivity contribution is 0.0975. The van der Waals surface area contributed by atoms with Crippen LogP contribution in [0.5, 0.6) is 11.5 Å². The Labute approximate surface area is 177 Å². The molecule has 1 aliphatic heterocycles. The number of benzene rings is 2. The summed E-state index contributed by atoms with van der Waals surface area (Å²) >= 11 is 0. The zero-order valence-electron chi connectivity index (χ0n) is 17.7. The Morgan fingerprint density at radius 2 is 2.03 bits per heavy atom. The summed E-state index contributed by atoms with van der Waals surface area (Å²) in [5, 5.41) is 6.08. The number of aryl methyl sites for hydroxylation is 1. The molecule has 0 aromatic heterocycles. The largest absolute Gasteiger partial charge is 0.495 e. The number of hydrogen-bond donors (Lipinski definition) is 2. The van der Waals surface area contributed by atoms with Crippen molar-refractivity contribution in [3.05, 3.63) is 53.6 Å². The maximum Gasteiger partial charge on any atom is 0.257 e. The number of carbonyl (C=O) groups excluding carboxylic acids is 1. The van der Waals surface area contributed by atoms with Crippen molar-refractivity contribution in [2.24, 2.45) is 4.99 Å². The van der Waals surface area contributed by atoms with E-state index >= 15 is 0 Å². The molecule has 30 heavy (non-hydrogen) atoms. The van der Waals surface area contributed by atoms with Crippen molar-refractivity contribution in [2.75, 3.05) is 32.2 Å². The Morgan fingerprint density at radius 1 is 1.23 bits per heavy atom. The molecule has 1 amide bonds. The average Bonchev–Trinajstić information content (AvgIpc) is 3.26. The Bertz CT molecular complexity index is 875. The lowest BCUT2D eigenvalue weighted by Crippen LogP contribution is -2.36. The monoisotopic (exact) mass is 411 g/mol. The quantitative estimate of drug-likeness (QED) is 0.535. The molecule has 7 heteroatoms. The van der Waals surface area contributed by atoms with Gasteiger partial charge >= 0.3 is 0 Å². The SMILES string of the molecule is CCOc1ccc(C(=O)NC(=NCC2CCCO2)Nc2cc(C)ccc2OC)cc1. The number of ether oxygens (including phenoxy) is 3. The molecule has 2 aromatic carbocycles. The molecule has 1 aliphatic rings. The van der Waals surface area contributed by atoms with Gasteiger partial charge in [0, 0.05) is 12.2 Å². The first kappa shape index (κ1) is 21.6. The van der Waals surface area contributed by atoms with Crippen LogP contribution in [0.1, 0.15) is 35.7 Å². The third kappa shape index (κ3) is 5.97. The van der Waals surface area contributed by atoms with E-state index in [-0.39, 0.29) is 12.0 Å². The molecule has 0 bridgehead atoms. The predicted molar refractivity (Wildman–Crippen MR) is 118 cm³/mol. The van der Waals surface area contributed by atoms with E-state index in [1.54, 1.807) is 31.4 Å². The van der Waals surface area contributed by atoms with Gasteiger partial charge in [-0.3, -0.25) is 10.1 Å². The van der Waals surface area contributed by atoms with Crippen molar-refractivity contribution in [2.45, 2.75) is 32.8 Å². The van der Waals surface area contributed by atoms with Crippen molar-refractivity contribution in [3.8, 4) is 11.5 Å². The number of nitrogens with zero attached hydrogens (tertiary/aromatic N) is 1. The van der Waals surface area contributed by atoms with E-state index < -0.39 is 0 Å². The number of guanidine groups is 1. The van der Waals surface area contributed by atoms with E-state index in [2.05, 4.69) is 15.6 Å². The molecule has 0 spiro atoms. The van der Waals surface area contributed by atoms with Crippen LogP contribution in [0.4, 0.5) is 5.69 Å². The molecule has 3 rings (SSSR count). The molecule has 160 valence electrons. The zero-order valence-corrected chi connectivity index (χ0v) is 17.7. The van der Waals surface area contributed by atoms with E-state index in [4.69, 9.17) is 14.2 Å². The predicted octanol–water partition coefficient (Wildman–Crippen LogP) is 3.78. The fourth-order valence-corrected chi connectivity index (χ4v) is 3.19. The van der Waals surface area contributed by atoms with E-state index in [0.29, 0.717) is 30.4 Å². The highest BCUT2D eigenvalue weighted by Gasteiger charge is 2.17. The third-order valence-electron chi connectivity index (χ3n) is 4.74. The van der Waals surface area contributed by atoms with Crippen molar-refractivity contribution in [3.63, 3.8) is 0 Å².